The molecule has 0 fully saturated rings. The van der Waals surface area contributed by atoms with E-state index < -0.39 is 0 Å². The molecule has 0 saturated heterocycles. The van der Waals surface area contributed by atoms with E-state index in [1.165, 1.54) is 55.3 Å². The van der Waals surface area contributed by atoms with Gasteiger partial charge in [-0.15, -0.1) is 0 Å². The molecule has 0 nitrogen and oxygen atoms in total. The topological polar surface area (TPSA) is 0 Å². The van der Waals surface area contributed by atoms with Crippen LogP contribution in [0.1, 0.15) is 22.3 Å². The Hall–Kier alpha value is -2.87. The minimum absolute atomic E-state index is 0.366. The first-order valence-electron chi connectivity index (χ1n) is 10.4. The van der Waals surface area contributed by atoms with Gasteiger partial charge in [-0.3, -0.25) is 0 Å². The van der Waals surface area contributed by atoms with E-state index in [4.69, 9.17) is 11.6 Å². The zero-order valence-corrected chi connectivity index (χ0v) is 18.8. The van der Waals surface area contributed by atoms with E-state index in [0.717, 1.165) is 9.50 Å². The molecule has 0 bridgehead atoms. The Morgan fingerprint density at radius 2 is 1.32 bits per heavy atom. The maximum Gasteiger partial charge on any atom is 0.0726 e. The van der Waals surface area contributed by atoms with Gasteiger partial charge in [-0.2, -0.15) is 0 Å². The highest BCUT2D eigenvalue weighted by Crippen LogP contribution is 2.64. The maximum absolute atomic E-state index is 6.60. The van der Waals surface area contributed by atoms with Crippen LogP contribution >= 0.6 is 27.5 Å². The number of fused-ring (bicyclic) bond motifs is 12. The predicted molar refractivity (Wildman–Crippen MR) is 133 cm³/mol. The van der Waals surface area contributed by atoms with Crippen molar-refractivity contribution >= 4 is 38.3 Å². The molecule has 2 aliphatic carbocycles. The van der Waals surface area contributed by atoms with Crippen molar-refractivity contribution in [1.29, 1.82) is 0 Å². The molecule has 1 unspecified atom stereocenters. The van der Waals surface area contributed by atoms with E-state index in [1.54, 1.807) is 0 Å². The smallest absolute Gasteiger partial charge is 0.0726 e. The summed E-state index contributed by atoms with van der Waals surface area (Å²) in [5.41, 5.74) is 10.1. The highest BCUT2D eigenvalue weighted by atomic mass is 79.9. The molecular formula is C29H16BrCl. The van der Waals surface area contributed by atoms with Gasteiger partial charge < -0.3 is 0 Å². The van der Waals surface area contributed by atoms with Crippen molar-refractivity contribution in [3.63, 3.8) is 0 Å². The summed E-state index contributed by atoms with van der Waals surface area (Å²) in [7, 11) is 0. The fourth-order valence-electron chi connectivity index (χ4n) is 5.90. The largest absolute Gasteiger partial charge is 0.0843 e. The molecule has 1 atom stereocenters. The monoisotopic (exact) mass is 478 g/mol. The van der Waals surface area contributed by atoms with Crippen LogP contribution in [0.4, 0.5) is 0 Å². The van der Waals surface area contributed by atoms with Crippen molar-refractivity contribution in [1.82, 2.24) is 0 Å². The number of halogens is 2. The van der Waals surface area contributed by atoms with Crippen LogP contribution in [-0.4, -0.2) is 0 Å². The summed E-state index contributed by atoms with van der Waals surface area (Å²) in [6.45, 7) is 0. The van der Waals surface area contributed by atoms with E-state index in [9.17, 15) is 0 Å². The Bertz CT molecular complexity index is 1570. The van der Waals surface area contributed by atoms with Crippen LogP contribution in [0.25, 0.3) is 33.0 Å². The van der Waals surface area contributed by atoms with Crippen molar-refractivity contribution < 1.29 is 0 Å². The third-order valence-electron chi connectivity index (χ3n) is 6.99. The van der Waals surface area contributed by atoms with Gasteiger partial charge in [0.05, 0.1) is 5.41 Å². The average Bonchev–Trinajstić information content (AvgIpc) is 3.25. The molecular weight excluding hydrogens is 464 g/mol. The molecule has 5 aromatic carbocycles. The van der Waals surface area contributed by atoms with Gasteiger partial charge in [-0.1, -0.05) is 100 Å². The van der Waals surface area contributed by atoms with Gasteiger partial charge in [0.2, 0.25) is 0 Å². The van der Waals surface area contributed by atoms with Crippen LogP contribution in [0, 0.1) is 0 Å². The standard InChI is InChI=1S/C29H16BrCl/c30-18-10-12-23-26(15-18)29(25-14-9-17-5-1-2-6-20(17)28(23)25)24-8-4-3-7-21(24)22-13-11-19(31)16-27(22)29/h1-16H. The van der Waals surface area contributed by atoms with E-state index >= 15 is 0 Å². The number of hydrogen-bond donors (Lipinski definition) is 0. The Labute approximate surface area is 194 Å². The molecule has 0 amide bonds. The second kappa shape index (κ2) is 6.09. The second-order valence-corrected chi connectivity index (χ2v) is 9.74. The van der Waals surface area contributed by atoms with E-state index in [0.29, 0.717) is 0 Å². The highest BCUT2D eigenvalue weighted by Gasteiger charge is 2.52. The lowest BCUT2D eigenvalue weighted by Gasteiger charge is -2.30. The quantitative estimate of drug-likeness (QED) is 0.204. The maximum atomic E-state index is 6.60. The molecule has 7 rings (SSSR count). The van der Waals surface area contributed by atoms with Crippen molar-refractivity contribution in [2.24, 2.45) is 0 Å². The van der Waals surface area contributed by atoms with Gasteiger partial charge in [0.1, 0.15) is 0 Å². The molecule has 0 heterocycles. The zero-order valence-electron chi connectivity index (χ0n) is 16.5. The number of hydrogen-bond acceptors (Lipinski definition) is 0. The predicted octanol–water partition coefficient (Wildman–Crippen LogP) is 8.60. The van der Waals surface area contributed by atoms with Crippen LogP contribution in [0.5, 0.6) is 0 Å². The molecule has 0 aromatic heterocycles. The van der Waals surface area contributed by atoms with Gasteiger partial charge in [-0.25, -0.2) is 0 Å². The summed E-state index contributed by atoms with van der Waals surface area (Å²) in [5, 5.41) is 3.34. The molecule has 0 saturated carbocycles. The fraction of sp³-hybridized carbons (Fsp3) is 0.0345. The number of rotatable bonds is 0. The Morgan fingerprint density at radius 1 is 0.581 bits per heavy atom. The first-order valence-corrected chi connectivity index (χ1v) is 11.6. The van der Waals surface area contributed by atoms with Gasteiger partial charge in [0, 0.05) is 9.50 Å². The lowest BCUT2D eigenvalue weighted by atomic mass is 9.70. The lowest BCUT2D eigenvalue weighted by Crippen LogP contribution is -2.25. The van der Waals surface area contributed by atoms with Gasteiger partial charge in [0.15, 0.2) is 0 Å². The van der Waals surface area contributed by atoms with Crippen LogP contribution in [0.2, 0.25) is 5.02 Å². The lowest BCUT2D eigenvalue weighted by molar-refractivity contribution is 0.794. The second-order valence-electron chi connectivity index (χ2n) is 8.38. The van der Waals surface area contributed by atoms with Crippen molar-refractivity contribution in [2.75, 3.05) is 0 Å². The fourth-order valence-corrected chi connectivity index (χ4v) is 6.43. The molecule has 0 N–H and O–H groups in total. The first-order chi connectivity index (χ1) is 15.2. The minimum atomic E-state index is -0.366. The normalized spacial score (nSPS) is 17.5. The summed E-state index contributed by atoms with van der Waals surface area (Å²) in [5.74, 6) is 0. The van der Waals surface area contributed by atoms with Crippen LogP contribution in [0.3, 0.4) is 0 Å². The zero-order chi connectivity index (χ0) is 20.7. The van der Waals surface area contributed by atoms with Crippen molar-refractivity contribution in [2.45, 2.75) is 5.41 Å². The van der Waals surface area contributed by atoms with Crippen LogP contribution < -0.4 is 0 Å². The molecule has 2 heteroatoms. The molecule has 5 aromatic rings. The first kappa shape index (κ1) is 17.8. The molecule has 0 aliphatic heterocycles. The summed E-state index contributed by atoms with van der Waals surface area (Å²) in [4.78, 5) is 0. The van der Waals surface area contributed by atoms with Gasteiger partial charge in [0.25, 0.3) is 0 Å². The molecule has 2 aliphatic rings. The van der Waals surface area contributed by atoms with E-state index in [-0.39, 0.29) is 5.41 Å². The van der Waals surface area contributed by atoms with Crippen LogP contribution in [0.15, 0.2) is 102 Å². The summed E-state index contributed by atoms with van der Waals surface area (Å²) in [6, 6.07) is 35.2. The SMILES string of the molecule is Clc1ccc2c(c1)C1(c3ccccc3-2)c2cc(Br)ccc2-c2c1ccc1ccccc21. The van der Waals surface area contributed by atoms with Crippen molar-refractivity contribution in [3.05, 3.63) is 129 Å². The van der Waals surface area contributed by atoms with Crippen LogP contribution in [-0.2, 0) is 5.41 Å². The van der Waals surface area contributed by atoms with Gasteiger partial charge in [-0.05, 0) is 79.5 Å². The summed E-state index contributed by atoms with van der Waals surface area (Å²) >= 11 is 10.4. The third kappa shape index (κ3) is 2.11. The van der Waals surface area contributed by atoms with Gasteiger partial charge >= 0.3 is 0 Å². The summed E-state index contributed by atoms with van der Waals surface area (Å²) in [6.07, 6.45) is 0. The van der Waals surface area contributed by atoms with E-state index in [1.807, 2.05) is 6.07 Å². The van der Waals surface area contributed by atoms with Crippen molar-refractivity contribution in [3.8, 4) is 22.3 Å². The molecule has 0 radical (unpaired) electrons. The molecule has 146 valence electrons. The highest BCUT2D eigenvalue weighted by molar-refractivity contribution is 9.10. The molecule has 31 heavy (non-hydrogen) atoms. The Balaban J connectivity index is 1.76. The molecule has 1 spiro atoms. The Kier molecular flexibility index (Phi) is 3.49. The summed E-state index contributed by atoms with van der Waals surface area (Å²) < 4.78 is 1.09. The van der Waals surface area contributed by atoms with E-state index in [2.05, 4.69) is 107 Å². The average molecular weight is 480 g/mol. The Morgan fingerprint density at radius 3 is 2.26 bits per heavy atom. The third-order valence-corrected chi connectivity index (χ3v) is 7.72. The number of benzene rings is 5. The minimum Gasteiger partial charge on any atom is -0.0843 e.